The Morgan fingerprint density at radius 3 is 2.59 bits per heavy atom. The molecule has 3 amide bonds. The smallest absolute Gasteiger partial charge is 0.320 e. The van der Waals surface area contributed by atoms with Crippen LogP contribution in [0, 0.1) is 18.6 Å². The number of anilines is 1. The molecule has 1 saturated heterocycles. The minimum atomic E-state index is -0.995. The molecular formula is C25H28F2N6O4. The fourth-order valence-electron chi connectivity index (χ4n) is 3.93. The molecule has 0 aliphatic carbocycles. The average molecular weight is 515 g/mol. The van der Waals surface area contributed by atoms with Crippen LogP contribution >= 0.6 is 0 Å². The third-order valence-corrected chi connectivity index (χ3v) is 5.90. The molecule has 3 aromatic rings. The van der Waals surface area contributed by atoms with Crippen molar-refractivity contribution in [3.63, 3.8) is 0 Å². The van der Waals surface area contributed by atoms with Gasteiger partial charge >= 0.3 is 6.03 Å². The molecule has 0 unspecified atom stereocenters. The number of likely N-dealkylation sites (N-methyl/N-ethyl adjacent to an activating group) is 2. The molecule has 12 heteroatoms. The van der Waals surface area contributed by atoms with E-state index in [0.29, 0.717) is 35.7 Å². The molecule has 3 N–H and O–H groups in total. The lowest BCUT2D eigenvalue weighted by Crippen LogP contribution is -2.42. The van der Waals surface area contributed by atoms with Crippen molar-refractivity contribution < 1.29 is 27.9 Å². The number of urea groups is 1. The van der Waals surface area contributed by atoms with Crippen LogP contribution in [-0.2, 0) is 9.63 Å². The van der Waals surface area contributed by atoms with Gasteiger partial charge in [-0.1, -0.05) is 31.2 Å². The van der Waals surface area contributed by atoms with Crippen molar-refractivity contribution in [2.75, 3.05) is 32.1 Å². The van der Waals surface area contributed by atoms with E-state index in [1.54, 1.807) is 24.1 Å². The monoisotopic (exact) mass is 514 g/mol. The second kappa shape index (κ2) is 11.4. The van der Waals surface area contributed by atoms with Crippen LogP contribution in [0.5, 0.6) is 5.88 Å². The fraction of sp³-hybridized carbons (Fsp3) is 0.320. The van der Waals surface area contributed by atoms with Gasteiger partial charge in [0, 0.05) is 20.1 Å². The summed E-state index contributed by atoms with van der Waals surface area (Å²) in [5.74, 6) is -1.76. The van der Waals surface area contributed by atoms with Gasteiger partial charge in [-0.15, -0.1) is 5.10 Å². The number of nitrogens with one attached hydrogen (secondary N) is 3. The molecule has 4 rings (SSSR count). The number of para-hydroxylation sites is 1. The number of halogens is 2. The minimum Gasteiger partial charge on any atom is -0.466 e. The van der Waals surface area contributed by atoms with Gasteiger partial charge in [0.1, 0.15) is 11.9 Å². The summed E-state index contributed by atoms with van der Waals surface area (Å²) in [6, 6.07) is 11.5. The van der Waals surface area contributed by atoms with Gasteiger partial charge in [-0.2, -0.15) is 5.06 Å². The Morgan fingerprint density at radius 2 is 1.92 bits per heavy atom. The number of benzene rings is 2. The van der Waals surface area contributed by atoms with E-state index in [4.69, 9.17) is 9.57 Å². The summed E-state index contributed by atoms with van der Waals surface area (Å²) in [4.78, 5) is 30.7. The van der Waals surface area contributed by atoms with E-state index in [9.17, 15) is 18.4 Å². The molecule has 0 radical (unpaired) electrons. The second-order valence-electron chi connectivity index (χ2n) is 8.37. The molecule has 0 spiro atoms. The number of aromatic nitrogens is 2. The number of carbonyl (C=O) groups excluding carboxylic acids is 2. The Kier molecular flexibility index (Phi) is 7.99. The molecule has 196 valence electrons. The molecule has 1 aliphatic rings. The number of amides is 3. The van der Waals surface area contributed by atoms with E-state index in [0.717, 1.165) is 12.1 Å². The summed E-state index contributed by atoms with van der Waals surface area (Å²) in [7, 11) is 1.50. The summed E-state index contributed by atoms with van der Waals surface area (Å²) in [6.45, 7) is 4.23. The van der Waals surface area contributed by atoms with Crippen molar-refractivity contribution in [1.82, 2.24) is 25.5 Å². The van der Waals surface area contributed by atoms with Gasteiger partial charge in [-0.3, -0.25) is 14.9 Å². The zero-order valence-corrected chi connectivity index (χ0v) is 20.6. The Hall–Kier alpha value is -4.03. The lowest BCUT2D eigenvalue weighted by Gasteiger charge is -2.19. The standard InChI is InChI=1S/C25H28F2N6O4/c1-4-32-13-20(22(37-32)16-10-11-18(26)19(27)12-16)29-25(35)30-23-15(2)24(36-14-21(34)28-3)31-33(23)17-8-6-5-7-9-17/h5-12,20,22H,4,13-14H2,1-3H3,(H,28,34)(H2,29,30,35)/t20-,22+/m1/s1. The van der Waals surface area contributed by atoms with Gasteiger partial charge < -0.3 is 15.4 Å². The highest BCUT2D eigenvalue weighted by molar-refractivity contribution is 5.90. The molecule has 10 nitrogen and oxygen atoms in total. The number of rotatable bonds is 8. The van der Waals surface area contributed by atoms with Gasteiger partial charge in [0.15, 0.2) is 18.2 Å². The highest BCUT2D eigenvalue weighted by Gasteiger charge is 2.36. The highest BCUT2D eigenvalue weighted by atomic mass is 19.2. The Bertz CT molecular complexity index is 1270. The first-order valence-corrected chi connectivity index (χ1v) is 11.7. The van der Waals surface area contributed by atoms with E-state index in [1.807, 2.05) is 25.1 Å². The van der Waals surface area contributed by atoms with Crippen LogP contribution in [0.3, 0.4) is 0 Å². The topological polar surface area (TPSA) is 110 Å². The third kappa shape index (κ3) is 5.87. The van der Waals surface area contributed by atoms with Gasteiger partial charge in [-0.25, -0.2) is 18.3 Å². The van der Waals surface area contributed by atoms with Crippen molar-refractivity contribution in [3.8, 4) is 11.6 Å². The molecule has 1 aliphatic heterocycles. The SMILES string of the molecule is CCN1C[C@@H](NC(=O)Nc2c(C)c(OCC(=O)NC)nn2-c2ccccc2)[C@H](c2ccc(F)c(F)c2)O1. The van der Waals surface area contributed by atoms with Crippen molar-refractivity contribution >= 4 is 17.8 Å². The second-order valence-corrected chi connectivity index (χ2v) is 8.37. The van der Waals surface area contributed by atoms with Crippen LogP contribution in [0.1, 0.15) is 24.2 Å². The zero-order valence-electron chi connectivity index (χ0n) is 20.6. The highest BCUT2D eigenvalue weighted by Crippen LogP contribution is 2.31. The fourth-order valence-corrected chi connectivity index (χ4v) is 3.93. The summed E-state index contributed by atoms with van der Waals surface area (Å²) in [5.41, 5.74) is 1.57. The zero-order chi connectivity index (χ0) is 26.5. The predicted octanol–water partition coefficient (Wildman–Crippen LogP) is 3.08. The quantitative estimate of drug-likeness (QED) is 0.426. The first kappa shape index (κ1) is 26.0. The van der Waals surface area contributed by atoms with Crippen LogP contribution in [0.2, 0.25) is 0 Å². The minimum absolute atomic E-state index is 0.184. The van der Waals surface area contributed by atoms with Crippen molar-refractivity contribution in [1.29, 1.82) is 0 Å². The van der Waals surface area contributed by atoms with Gasteiger partial charge in [0.2, 0.25) is 5.88 Å². The Labute approximate surface area is 212 Å². The summed E-state index contributed by atoms with van der Waals surface area (Å²) >= 11 is 0. The number of carbonyl (C=O) groups is 2. The van der Waals surface area contributed by atoms with Crippen LogP contribution < -0.4 is 20.7 Å². The van der Waals surface area contributed by atoms with Gasteiger partial charge in [-0.05, 0) is 36.8 Å². The maximum absolute atomic E-state index is 13.9. The number of nitrogens with zero attached hydrogens (tertiary/aromatic N) is 3. The molecule has 0 saturated carbocycles. The molecular weight excluding hydrogens is 486 g/mol. The van der Waals surface area contributed by atoms with Crippen molar-refractivity contribution in [2.45, 2.75) is 26.0 Å². The molecule has 1 fully saturated rings. The first-order chi connectivity index (χ1) is 17.8. The predicted molar refractivity (Wildman–Crippen MR) is 131 cm³/mol. The summed E-state index contributed by atoms with van der Waals surface area (Å²) < 4.78 is 34.4. The van der Waals surface area contributed by atoms with Crippen LogP contribution in [0.25, 0.3) is 5.69 Å². The van der Waals surface area contributed by atoms with E-state index in [1.165, 1.54) is 17.8 Å². The number of ether oxygens (including phenoxy) is 1. The Morgan fingerprint density at radius 1 is 1.16 bits per heavy atom. The van der Waals surface area contributed by atoms with E-state index in [2.05, 4.69) is 21.0 Å². The maximum Gasteiger partial charge on any atom is 0.320 e. The number of hydrogen-bond donors (Lipinski definition) is 3. The van der Waals surface area contributed by atoms with Crippen molar-refractivity contribution in [3.05, 3.63) is 71.3 Å². The average Bonchev–Trinajstić information content (AvgIpc) is 3.45. The van der Waals surface area contributed by atoms with Crippen LogP contribution in [-0.4, -0.2) is 59.6 Å². The van der Waals surface area contributed by atoms with E-state index >= 15 is 0 Å². The summed E-state index contributed by atoms with van der Waals surface area (Å²) in [6.07, 6.45) is -0.715. The van der Waals surface area contributed by atoms with E-state index in [-0.39, 0.29) is 18.4 Å². The largest absolute Gasteiger partial charge is 0.466 e. The number of hydroxylamine groups is 2. The van der Waals surface area contributed by atoms with Gasteiger partial charge in [0.25, 0.3) is 5.91 Å². The lowest BCUT2D eigenvalue weighted by atomic mass is 10.0. The normalized spacial score (nSPS) is 17.4. The molecule has 2 atom stereocenters. The molecule has 2 heterocycles. The first-order valence-electron chi connectivity index (χ1n) is 11.7. The summed E-state index contributed by atoms with van der Waals surface area (Å²) in [5, 5.41) is 14.2. The molecule has 1 aromatic heterocycles. The molecule has 0 bridgehead atoms. The maximum atomic E-state index is 13.9. The molecule has 2 aromatic carbocycles. The van der Waals surface area contributed by atoms with Gasteiger partial charge in [0.05, 0.1) is 17.3 Å². The Balaban J connectivity index is 1.57. The number of hydrogen-bond acceptors (Lipinski definition) is 6. The molecule has 37 heavy (non-hydrogen) atoms. The third-order valence-electron chi connectivity index (χ3n) is 5.90. The van der Waals surface area contributed by atoms with Crippen LogP contribution in [0.15, 0.2) is 48.5 Å². The van der Waals surface area contributed by atoms with Crippen LogP contribution in [0.4, 0.5) is 19.4 Å². The van der Waals surface area contributed by atoms with Crippen molar-refractivity contribution in [2.24, 2.45) is 0 Å². The lowest BCUT2D eigenvalue weighted by molar-refractivity contribution is -0.144. The van der Waals surface area contributed by atoms with E-state index < -0.39 is 29.8 Å².